The van der Waals surface area contributed by atoms with Crippen LogP contribution in [0.2, 0.25) is 10.0 Å². The molecule has 1 amide bonds. The third-order valence-electron chi connectivity index (χ3n) is 11.4. The van der Waals surface area contributed by atoms with Gasteiger partial charge in [-0.3, -0.25) is 9.69 Å². The van der Waals surface area contributed by atoms with E-state index in [1.807, 2.05) is 84.9 Å². The smallest absolute Gasteiger partial charge is 0.326 e. The van der Waals surface area contributed by atoms with Gasteiger partial charge < -0.3 is 24.6 Å². The Morgan fingerprint density at radius 3 is 2.18 bits per heavy atom. The minimum absolute atomic E-state index is 0.0916. The van der Waals surface area contributed by atoms with Gasteiger partial charge in [-0.1, -0.05) is 133 Å². The molecule has 2 aliphatic rings. The largest absolute Gasteiger partial charge is 0.489 e. The van der Waals surface area contributed by atoms with Crippen LogP contribution >= 0.6 is 23.2 Å². The first-order valence-corrected chi connectivity index (χ1v) is 21.0. The molecule has 8 nitrogen and oxygen atoms in total. The Balaban J connectivity index is 0.990. The number of benzene rings is 6. The lowest BCUT2D eigenvalue weighted by Crippen LogP contribution is -2.55. The molecule has 6 aromatic rings. The topological polar surface area (TPSA) is 97.3 Å². The summed E-state index contributed by atoms with van der Waals surface area (Å²) < 4.78 is 18.9. The Hall–Kier alpha value is -5.80. The van der Waals surface area contributed by atoms with Gasteiger partial charge in [0.05, 0.1) is 16.1 Å². The number of nitrogens with zero attached hydrogens (tertiary/aromatic N) is 1. The van der Waals surface area contributed by atoms with E-state index in [2.05, 4.69) is 60.5 Å². The predicted molar refractivity (Wildman–Crippen MR) is 235 cm³/mol. The number of rotatable bonds is 13. The van der Waals surface area contributed by atoms with Crippen molar-refractivity contribution in [2.45, 2.75) is 70.5 Å². The van der Waals surface area contributed by atoms with E-state index in [1.54, 1.807) is 12.1 Å². The van der Waals surface area contributed by atoms with Crippen molar-refractivity contribution < 1.29 is 28.9 Å². The third kappa shape index (κ3) is 9.32. The number of fused-ring (bicyclic) bond motifs is 2. The molecule has 6 aromatic carbocycles. The van der Waals surface area contributed by atoms with Gasteiger partial charge >= 0.3 is 5.97 Å². The average molecular weight is 842 g/mol. The first-order chi connectivity index (χ1) is 29.1. The van der Waals surface area contributed by atoms with Gasteiger partial charge in [-0.15, -0.1) is 0 Å². The normalized spacial score (nSPS) is 16.9. The highest BCUT2D eigenvalue weighted by Crippen LogP contribution is 2.42. The summed E-state index contributed by atoms with van der Waals surface area (Å²) in [6.07, 6.45) is 0.949. The van der Waals surface area contributed by atoms with Gasteiger partial charge in [-0.2, -0.15) is 0 Å². The maximum Gasteiger partial charge on any atom is 0.326 e. The number of hydrogen-bond acceptors (Lipinski definition) is 6. The van der Waals surface area contributed by atoms with E-state index in [0.717, 1.165) is 50.9 Å². The second-order valence-corrected chi connectivity index (χ2v) is 16.3. The van der Waals surface area contributed by atoms with Crippen LogP contribution in [0.25, 0.3) is 11.1 Å². The van der Waals surface area contributed by atoms with Gasteiger partial charge in [-0.05, 0) is 101 Å². The zero-order chi connectivity index (χ0) is 41.8. The summed E-state index contributed by atoms with van der Waals surface area (Å²) in [5, 5.41) is 14.3. The number of aliphatic carboxylic acids is 1. The van der Waals surface area contributed by atoms with Gasteiger partial charge in [0.2, 0.25) is 5.91 Å². The lowest BCUT2D eigenvalue weighted by molar-refractivity contribution is -0.143. The van der Waals surface area contributed by atoms with Crippen LogP contribution < -0.4 is 19.5 Å². The van der Waals surface area contributed by atoms with E-state index >= 15 is 0 Å². The highest BCUT2D eigenvalue weighted by atomic mass is 35.5. The van der Waals surface area contributed by atoms with Gasteiger partial charge in [0, 0.05) is 19.0 Å². The zero-order valence-electron chi connectivity index (χ0n) is 33.4. The van der Waals surface area contributed by atoms with Crippen LogP contribution in [-0.4, -0.2) is 40.6 Å². The average Bonchev–Trinajstić information content (AvgIpc) is 3.26. The van der Waals surface area contributed by atoms with E-state index in [9.17, 15) is 14.7 Å². The van der Waals surface area contributed by atoms with Gasteiger partial charge in [0.25, 0.3) is 0 Å². The van der Waals surface area contributed by atoms with Crippen LogP contribution in [0.3, 0.4) is 0 Å². The number of halogens is 2. The molecule has 2 N–H and O–H groups in total. The molecule has 0 aromatic heterocycles. The van der Waals surface area contributed by atoms with Crippen LogP contribution in [0.5, 0.6) is 17.2 Å². The Bertz CT molecular complexity index is 2460. The fraction of sp³-hybridized carbons (Fsp3) is 0.240. The fourth-order valence-electron chi connectivity index (χ4n) is 8.10. The van der Waals surface area contributed by atoms with Gasteiger partial charge in [-0.25, -0.2) is 4.79 Å². The summed E-state index contributed by atoms with van der Waals surface area (Å²) in [6.45, 7) is 5.29. The first-order valence-electron chi connectivity index (χ1n) is 20.2. The van der Waals surface area contributed by atoms with Crippen molar-refractivity contribution in [1.82, 2.24) is 10.2 Å². The number of carboxylic acids is 1. The van der Waals surface area contributed by atoms with Crippen molar-refractivity contribution in [3.8, 4) is 28.4 Å². The van der Waals surface area contributed by atoms with E-state index < -0.39 is 18.1 Å². The van der Waals surface area contributed by atoms with Crippen LogP contribution in [0, 0.1) is 6.92 Å². The molecule has 8 rings (SSSR count). The van der Waals surface area contributed by atoms with Crippen molar-refractivity contribution >= 4 is 35.1 Å². The number of hydrogen-bond donors (Lipinski definition) is 2. The van der Waals surface area contributed by atoms with E-state index in [1.165, 1.54) is 5.56 Å². The van der Waals surface area contributed by atoms with E-state index in [-0.39, 0.29) is 24.5 Å². The van der Waals surface area contributed by atoms with Crippen molar-refractivity contribution in [3.63, 3.8) is 0 Å². The van der Waals surface area contributed by atoms with E-state index in [4.69, 9.17) is 37.4 Å². The SMILES string of the molecule is CC[C@@H](c1ccccc1)N1Cc2cc3c(cc2C[C@H]1C(=O)NC(Cc1ccc(-c2ccc(C)cc2)cc1)C(=O)O)OC[C@H](c1ccc(OCc2ccc(Cl)c(Cl)c2)cc1)O3. The number of amides is 1. The molecule has 2 heterocycles. The molecule has 0 saturated heterocycles. The molecule has 2 aliphatic heterocycles. The van der Waals surface area contributed by atoms with Crippen LogP contribution in [0.15, 0.2) is 133 Å². The zero-order valence-corrected chi connectivity index (χ0v) is 35.0. The maximum atomic E-state index is 14.4. The minimum Gasteiger partial charge on any atom is -0.489 e. The Morgan fingerprint density at radius 1 is 0.817 bits per heavy atom. The molecule has 10 heteroatoms. The maximum absolute atomic E-state index is 14.4. The summed E-state index contributed by atoms with van der Waals surface area (Å²) in [4.78, 5) is 29.3. The van der Waals surface area contributed by atoms with Crippen LogP contribution in [0.1, 0.15) is 64.4 Å². The number of aryl methyl sites for hydroxylation is 1. The van der Waals surface area contributed by atoms with Gasteiger partial charge in [0.1, 0.15) is 25.0 Å². The second kappa shape index (κ2) is 18.2. The van der Waals surface area contributed by atoms with Crippen molar-refractivity contribution in [1.29, 1.82) is 0 Å². The summed E-state index contributed by atoms with van der Waals surface area (Å²) in [7, 11) is 0. The number of carbonyl (C=O) groups excluding carboxylic acids is 1. The predicted octanol–water partition coefficient (Wildman–Crippen LogP) is 10.8. The molecule has 0 fully saturated rings. The van der Waals surface area contributed by atoms with E-state index in [0.29, 0.717) is 53.5 Å². The van der Waals surface area contributed by atoms with Crippen LogP contribution in [-0.2, 0) is 35.6 Å². The molecular weight excluding hydrogens is 795 g/mol. The summed E-state index contributed by atoms with van der Waals surface area (Å²) >= 11 is 12.2. The summed E-state index contributed by atoms with van der Waals surface area (Å²) in [5.74, 6) is 0.564. The summed E-state index contributed by atoms with van der Waals surface area (Å²) in [5.41, 5.74) is 9.10. The van der Waals surface area contributed by atoms with Crippen LogP contribution in [0.4, 0.5) is 0 Å². The van der Waals surface area contributed by atoms with Crippen molar-refractivity contribution in [2.24, 2.45) is 0 Å². The fourth-order valence-corrected chi connectivity index (χ4v) is 8.42. The van der Waals surface area contributed by atoms with Crippen molar-refractivity contribution in [2.75, 3.05) is 6.61 Å². The molecule has 60 heavy (non-hydrogen) atoms. The second-order valence-electron chi connectivity index (χ2n) is 15.5. The monoisotopic (exact) mass is 840 g/mol. The lowest BCUT2D eigenvalue weighted by atomic mass is 9.89. The molecule has 1 unspecified atom stereocenters. The summed E-state index contributed by atoms with van der Waals surface area (Å²) in [6, 6.07) is 41.7. The Labute approximate surface area is 360 Å². The molecule has 0 radical (unpaired) electrons. The Kier molecular flexibility index (Phi) is 12.4. The molecule has 0 spiro atoms. The highest BCUT2D eigenvalue weighted by molar-refractivity contribution is 6.42. The highest BCUT2D eigenvalue weighted by Gasteiger charge is 2.38. The molecule has 0 saturated carbocycles. The third-order valence-corrected chi connectivity index (χ3v) is 12.1. The van der Waals surface area contributed by atoms with Gasteiger partial charge in [0.15, 0.2) is 17.6 Å². The standard InChI is InChI=1S/C50H46Cl2N2O6/c1-3-44(36-7-5-4-6-8-36)54-28-39-27-47-46(59-30-48(60-47)37-18-20-40(21-19-37)58-29-33-13-22-41(51)42(52)23-33)26-38(39)25-45(54)49(55)53-43(50(56)57)24-32-11-16-35(17-12-32)34-14-9-31(2)10-15-34/h4-23,26-27,43-45,48H,3,24-25,28-30H2,1-2H3,(H,53,55)(H,56,57)/t43?,44-,45-,48+/m0/s1. The first kappa shape index (κ1) is 41.0. The molecule has 0 bridgehead atoms. The molecule has 306 valence electrons. The van der Waals surface area contributed by atoms with Crippen molar-refractivity contribution in [3.05, 3.63) is 182 Å². The number of carbonyl (C=O) groups is 2. The number of ether oxygens (including phenoxy) is 3. The quantitative estimate of drug-likeness (QED) is 0.120. The number of carboxylic acid groups (broad SMARTS) is 1. The molecule has 0 aliphatic carbocycles. The Morgan fingerprint density at radius 2 is 1.50 bits per heavy atom. The molecule has 4 atom stereocenters. The molecular formula is C50H46Cl2N2O6. The number of nitrogens with one attached hydrogen (secondary N) is 1. The lowest BCUT2D eigenvalue weighted by Gasteiger charge is -2.42. The minimum atomic E-state index is -1.11.